The molecule has 1 saturated heterocycles. The first-order chi connectivity index (χ1) is 16.8. The standard InChI is InChI=1S/C26H20N2O7/c1-2-35-26(32)18-10-12-19(13-11-18)27-22(16-6-4-3-5-7-16)21(24(30)25(27)31)23(29)17-8-14-20(15-9-17)28(33)34/h3-15,22,29H,2H2,1H3/t22-/m1/s1. The number of non-ortho nitro benzene ring substituents is 1. The van der Waals surface area contributed by atoms with Crippen molar-refractivity contribution in [1.82, 2.24) is 0 Å². The molecule has 1 N–H and O–H groups in total. The van der Waals surface area contributed by atoms with Gasteiger partial charge in [-0.1, -0.05) is 30.3 Å². The Morgan fingerprint density at radius 2 is 1.57 bits per heavy atom. The number of ketones is 1. The summed E-state index contributed by atoms with van der Waals surface area (Å²) in [7, 11) is 0. The molecule has 35 heavy (non-hydrogen) atoms. The molecule has 0 radical (unpaired) electrons. The summed E-state index contributed by atoms with van der Waals surface area (Å²) in [6.45, 7) is 1.91. The third-order valence-corrected chi connectivity index (χ3v) is 5.57. The van der Waals surface area contributed by atoms with Crippen molar-refractivity contribution in [3.8, 4) is 0 Å². The van der Waals surface area contributed by atoms with Gasteiger partial charge < -0.3 is 9.84 Å². The molecule has 1 amide bonds. The number of nitro benzene ring substituents is 1. The zero-order valence-electron chi connectivity index (χ0n) is 18.6. The first kappa shape index (κ1) is 23.4. The Labute approximate surface area is 200 Å². The average Bonchev–Trinajstić information content (AvgIpc) is 3.14. The van der Waals surface area contributed by atoms with Crippen LogP contribution in [-0.4, -0.2) is 34.3 Å². The van der Waals surface area contributed by atoms with Crippen LogP contribution in [0.2, 0.25) is 0 Å². The van der Waals surface area contributed by atoms with Crippen LogP contribution in [0.4, 0.5) is 11.4 Å². The second kappa shape index (κ2) is 9.60. The fourth-order valence-corrected chi connectivity index (χ4v) is 3.92. The Hall–Kier alpha value is -4.79. The first-order valence-electron chi connectivity index (χ1n) is 10.7. The zero-order chi connectivity index (χ0) is 25.1. The molecule has 0 aliphatic carbocycles. The maximum atomic E-state index is 13.2. The topological polar surface area (TPSA) is 127 Å². The molecule has 0 spiro atoms. The van der Waals surface area contributed by atoms with Gasteiger partial charge in [-0.05, 0) is 48.9 Å². The predicted octanol–water partition coefficient (Wildman–Crippen LogP) is 4.40. The van der Waals surface area contributed by atoms with Gasteiger partial charge in [0.2, 0.25) is 0 Å². The lowest BCUT2D eigenvalue weighted by molar-refractivity contribution is -0.384. The summed E-state index contributed by atoms with van der Waals surface area (Å²) in [6, 6.07) is 18.8. The molecule has 1 aliphatic heterocycles. The van der Waals surface area contributed by atoms with Gasteiger partial charge in [-0.25, -0.2) is 4.79 Å². The highest BCUT2D eigenvalue weighted by atomic mass is 16.6. The van der Waals surface area contributed by atoms with E-state index in [-0.39, 0.29) is 29.0 Å². The smallest absolute Gasteiger partial charge is 0.338 e. The lowest BCUT2D eigenvalue weighted by Gasteiger charge is -2.25. The molecule has 3 aromatic carbocycles. The van der Waals surface area contributed by atoms with Crippen LogP contribution in [0.5, 0.6) is 0 Å². The number of aliphatic hydroxyl groups is 1. The number of benzene rings is 3. The van der Waals surface area contributed by atoms with E-state index in [1.54, 1.807) is 37.3 Å². The average molecular weight is 472 g/mol. The van der Waals surface area contributed by atoms with Crippen LogP contribution in [0.25, 0.3) is 5.76 Å². The van der Waals surface area contributed by atoms with Crippen molar-refractivity contribution in [1.29, 1.82) is 0 Å². The number of carbonyl (C=O) groups is 3. The molecule has 1 aliphatic rings. The van der Waals surface area contributed by atoms with E-state index >= 15 is 0 Å². The van der Waals surface area contributed by atoms with Crippen molar-refractivity contribution in [2.24, 2.45) is 0 Å². The van der Waals surface area contributed by atoms with Crippen molar-refractivity contribution in [2.75, 3.05) is 11.5 Å². The number of hydrogen-bond donors (Lipinski definition) is 1. The van der Waals surface area contributed by atoms with E-state index < -0.39 is 34.4 Å². The van der Waals surface area contributed by atoms with Crippen molar-refractivity contribution < 1.29 is 29.2 Å². The minimum Gasteiger partial charge on any atom is -0.507 e. The summed E-state index contributed by atoms with van der Waals surface area (Å²) >= 11 is 0. The third-order valence-electron chi connectivity index (χ3n) is 5.57. The lowest BCUT2D eigenvalue weighted by Crippen LogP contribution is -2.29. The number of nitrogens with zero attached hydrogens (tertiary/aromatic N) is 2. The lowest BCUT2D eigenvalue weighted by atomic mass is 9.95. The summed E-state index contributed by atoms with van der Waals surface area (Å²) in [5.74, 6) is -2.72. The van der Waals surface area contributed by atoms with Crippen molar-refractivity contribution in [3.63, 3.8) is 0 Å². The van der Waals surface area contributed by atoms with Gasteiger partial charge in [0.15, 0.2) is 0 Å². The van der Waals surface area contributed by atoms with E-state index in [1.807, 2.05) is 0 Å². The number of hydrogen-bond acceptors (Lipinski definition) is 7. The predicted molar refractivity (Wildman–Crippen MR) is 127 cm³/mol. The quantitative estimate of drug-likeness (QED) is 0.141. The highest BCUT2D eigenvalue weighted by Crippen LogP contribution is 2.42. The van der Waals surface area contributed by atoms with Gasteiger partial charge in [0.1, 0.15) is 5.76 Å². The van der Waals surface area contributed by atoms with Crippen LogP contribution < -0.4 is 4.90 Å². The summed E-state index contributed by atoms with van der Waals surface area (Å²) in [6.07, 6.45) is 0. The molecule has 4 rings (SSSR count). The first-order valence-corrected chi connectivity index (χ1v) is 10.7. The van der Waals surface area contributed by atoms with E-state index in [9.17, 15) is 29.6 Å². The van der Waals surface area contributed by atoms with Gasteiger partial charge in [-0.2, -0.15) is 0 Å². The SMILES string of the molecule is CCOC(=O)c1ccc(N2C(=O)C(=O)C(=C(O)c3ccc([N+](=O)[O-])cc3)[C@H]2c2ccccc2)cc1. The molecular weight excluding hydrogens is 452 g/mol. The Kier molecular flexibility index (Phi) is 6.41. The van der Waals surface area contributed by atoms with Crippen LogP contribution in [-0.2, 0) is 14.3 Å². The molecule has 176 valence electrons. The molecular formula is C26H20N2O7. The molecule has 0 aromatic heterocycles. The minimum absolute atomic E-state index is 0.149. The summed E-state index contributed by atoms with van der Waals surface area (Å²) in [4.78, 5) is 49.9. The van der Waals surface area contributed by atoms with E-state index in [1.165, 1.54) is 53.4 Å². The maximum absolute atomic E-state index is 13.2. The monoisotopic (exact) mass is 472 g/mol. The van der Waals surface area contributed by atoms with E-state index in [2.05, 4.69) is 0 Å². The fourth-order valence-electron chi connectivity index (χ4n) is 3.92. The van der Waals surface area contributed by atoms with Crippen LogP contribution in [0, 0.1) is 10.1 Å². The second-order valence-corrected chi connectivity index (χ2v) is 7.65. The van der Waals surface area contributed by atoms with Crippen LogP contribution >= 0.6 is 0 Å². The van der Waals surface area contributed by atoms with Crippen LogP contribution in [0.3, 0.4) is 0 Å². The number of ether oxygens (including phenoxy) is 1. The summed E-state index contributed by atoms with van der Waals surface area (Å²) in [5.41, 5.74) is 1.04. The van der Waals surface area contributed by atoms with Crippen molar-refractivity contribution in [3.05, 3.63) is 111 Å². The van der Waals surface area contributed by atoms with E-state index in [4.69, 9.17) is 4.74 Å². The molecule has 0 unspecified atom stereocenters. The highest BCUT2D eigenvalue weighted by Gasteiger charge is 2.46. The number of carbonyl (C=O) groups excluding carboxylic acids is 3. The summed E-state index contributed by atoms with van der Waals surface area (Å²) < 4.78 is 4.99. The van der Waals surface area contributed by atoms with E-state index in [0.29, 0.717) is 11.3 Å². The Bertz CT molecular complexity index is 1330. The van der Waals surface area contributed by atoms with Crippen LogP contribution in [0.1, 0.15) is 34.5 Å². The largest absolute Gasteiger partial charge is 0.507 e. The Morgan fingerprint density at radius 3 is 2.14 bits per heavy atom. The number of Topliss-reactive ketones (excluding diaryl/α,β-unsaturated/α-hetero) is 1. The normalized spacial score (nSPS) is 16.8. The van der Waals surface area contributed by atoms with Gasteiger partial charge >= 0.3 is 5.97 Å². The molecule has 9 heteroatoms. The Morgan fingerprint density at radius 1 is 0.971 bits per heavy atom. The van der Waals surface area contributed by atoms with Gasteiger partial charge in [0.25, 0.3) is 17.4 Å². The molecule has 1 atom stereocenters. The molecule has 1 fully saturated rings. The number of amides is 1. The third kappa shape index (κ3) is 4.39. The zero-order valence-corrected chi connectivity index (χ0v) is 18.6. The molecule has 9 nitrogen and oxygen atoms in total. The second-order valence-electron chi connectivity index (χ2n) is 7.65. The number of rotatable bonds is 6. The van der Waals surface area contributed by atoms with E-state index in [0.717, 1.165) is 0 Å². The molecule has 0 saturated carbocycles. The highest BCUT2D eigenvalue weighted by molar-refractivity contribution is 6.51. The maximum Gasteiger partial charge on any atom is 0.338 e. The van der Waals surface area contributed by atoms with Gasteiger partial charge in [0.05, 0.1) is 28.7 Å². The van der Waals surface area contributed by atoms with Gasteiger partial charge in [-0.15, -0.1) is 0 Å². The molecule has 1 heterocycles. The van der Waals surface area contributed by atoms with Crippen molar-refractivity contribution >= 4 is 34.8 Å². The van der Waals surface area contributed by atoms with Gasteiger partial charge in [0, 0.05) is 23.4 Å². The Balaban J connectivity index is 1.83. The molecule has 3 aromatic rings. The summed E-state index contributed by atoms with van der Waals surface area (Å²) in [5, 5.41) is 22.0. The number of nitro groups is 1. The minimum atomic E-state index is -0.958. The van der Waals surface area contributed by atoms with Crippen LogP contribution in [0.15, 0.2) is 84.4 Å². The molecule has 0 bridgehead atoms. The number of esters is 1. The number of anilines is 1. The number of aliphatic hydroxyl groups excluding tert-OH is 1. The van der Waals surface area contributed by atoms with Gasteiger partial charge in [-0.3, -0.25) is 24.6 Å². The fraction of sp³-hybridized carbons (Fsp3) is 0.115. The van der Waals surface area contributed by atoms with Crippen molar-refractivity contribution in [2.45, 2.75) is 13.0 Å².